The first-order chi connectivity index (χ1) is 16.2. The van der Waals surface area contributed by atoms with Crippen molar-refractivity contribution >= 4 is 11.6 Å². The van der Waals surface area contributed by atoms with Crippen LogP contribution in [0.15, 0.2) is 89.5 Å². The van der Waals surface area contributed by atoms with Crippen LogP contribution in [0.5, 0.6) is 5.75 Å². The Kier molecular flexibility index (Phi) is 5.81. The van der Waals surface area contributed by atoms with Crippen LogP contribution in [0.2, 0.25) is 0 Å². The van der Waals surface area contributed by atoms with E-state index in [1.165, 1.54) is 0 Å². The molecule has 1 saturated heterocycles. The van der Waals surface area contributed by atoms with E-state index in [9.17, 15) is 4.79 Å². The molecule has 0 radical (unpaired) electrons. The van der Waals surface area contributed by atoms with Crippen molar-refractivity contribution in [2.24, 2.45) is 0 Å². The first kappa shape index (κ1) is 20.8. The highest BCUT2D eigenvalue weighted by Gasteiger charge is 2.26. The number of oxazole rings is 1. The highest BCUT2D eigenvalue weighted by atomic mass is 16.5. The minimum Gasteiger partial charge on any atom is -0.495 e. The van der Waals surface area contributed by atoms with Gasteiger partial charge in [0.25, 0.3) is 5.91 Å². The largest absolute Gasteiger partial charge is 0.495 e. The summed E-state index contributed by atoms with van der Waals surface area (Å²) in [6, 6.07) is 25.3. The number of rotatable bonds is 5. The number of carbonyl (C=O) groups excluding carboxylic acids is 1. The molecule has 0 unspecified atom stereocenters. The molecule has 5 rings (SSSR count). The summed E-state index contributed by atoms with van der Waals surface area (Å²) in [5, 5.41) is 0. The molecule has 0 bridgehead atoms. The molecular weight excluding hydrogens is 414 g/mol. The normalized spacial score (nSPS) is 13.7. The van der Waals surface area contributed by atoms with Crippen LogP contribution in [0.4, 0.5) is 5.69 Å². The second-order valence-electron chi connectivity index (χ2n) is 7.89. The maximum Gasteiger partial charge on any atom is 0.254 e. The van der Waals surface area contributed by atoms with Gasteiger partial charge in [0.05, 0.1) is 24.6 Å². The van der Waals surface area contributed by atoms with Gasteiger partial charge in [-0.2, -0.15) is 0 Å². The fourth-order valence-electron chi connectivity index (χ4n) is 4.20. The SMILES string of the molecule is COc1ccccc1N1CCN(C(=O)c2ccccc2-c2ncc(-c3ccccc3)o2)CC1. The number of hydrogen-bond donors (Lipinski definition) is 0. The summed E-state index contributed by atoms with van der Waals surface area (Å²) in [5.41, 5.74) is 3.31. The zero-order valence-electron chi connectivity index (χ0n) is 18.5. The van der Waals surface area contributed by atoms with Gasteiger partial charge in [-0.3, -0.25) is 4.79 Å². The molecule has 1 aromatic heterocycles. The van der Waals surface area contributed by atoms with E-state index in [4.69, 9.17) is 9.15 Å². The lowest BCUT2D eigenvalue weighted by Crippen LogP contribution is -2.49. The molecular formula is C27H25N3O3. The van der Waals surface area contributed by atoms with Gasteiger partial charge >= 0.3 is 0 Å². The van der Waals surface area contributed by atoms with Gasteiger partial charge in [0.2, 0.25) is 5.89 Å². The number of amides is 1. The summed E-state index contributed by atoms with van der Waals surface area (Å²) >= 11 is 0. The maximum absolute atomic E-state index is 13.5. The smallest absolute Gasteiger partial charge is 0.254 e. The predicted octanol–water partition coefficient (Wildman–Crippen LogP) is 4.98. The molecule has 0 N–H and O–H groups in total. The van der Waals surface area contributed by atoms with Crippen molar-refractivity contribution in [1.82, 2.24) is 9.88 Å². The number of anilines is 1. The molecule has 166 valence electrons. The molecule has 1 aliphatic rings. The standard InChI is InChI=1S/C27H25N3O3/c1-32-24-14-8-7-13-23(24)29-15-17-30(18-16-29)27(31)22-12-6-5-11-21(22)26-28-19-25(33-26)20-9-3-2-4-10-20/h2-14,19H,15-18H2,1H3. The van der Waals surface area contributed by atoms with Crippen LogP contribution < -0.4 is 9.64 Å². The number of piperazine rings is 1. The van der Waals surface area contributed by atoms with Crippen molar-refractivity contribution in [3.63, 3.8) is 0 Å². The molecule has 1 aliphatic heterocycles. The maximum atomic E-state index is 13.5. The topological polar surface area (TPSA) is 58.8 Å². The van der Waals surface area contributed by atoms with E-state index >= 15 is 0 Å². The Balaban J connectivity index is 1.34. The van der Waals surface area contributed by atoms with Gasteiger partial charge in [0, 0.05) is 37.3 Å². The molecule has 0 aliphatic carbocycles. The number of methoxy groups -OCH3 is 1. The zero-order valence-corrected chi connectivity index (χ0v) is 18.5. The highest BCUT2D eigenvalue weighted by Crippen LogP contribution is 2.31. The number of hydrogen-bond acceptors (Lipinski definition) is 5. The van der Waals surface area contributed by atoms with E-state index in [1.54, 1.807) is 13.3 Å². The van der Waals surface area contributed by atoms with Crippen LogP contribution in [-0.4, -0.2) is 49.1 Å². The predicted molar refractivity (Wildman–Crippen MR) is 128 cm³/mol. The fourth-order valence-corrected chi connectivity index (χ4v) is 4.20. The van der Waals surface area contributed by atoms with Gasteiger partial charge in [-0.15, -0.1) is 0 Å². The summed E-state index contributed by atoms with van der Waals surface area (Å²) in [6.07, 6.45) is 1.71. The lowest BCUT2D eigenvalue weighted by molar-refractivity contribution is 0.0747. The van der Waals surface area contributed by atoms with Gasteiger partial charge in [-0.25, -0.2) is 4.98 Å². The lowest BCUT2D eigenvalue weighted by Gasteiger charge is -2.36. The second kappa shape index (κ2) is 9.20. The number of benzene rings is 3. The number of carbonyl (C=O) groups is 1. The Morgan fingerprint density at radius 3 is 2.36 bits per heavy atom. The van der Waals surface area contributed by atoms with Crippen molar-refractivity contribution < 1.29 is 13.9 Å². The minimum atomic E-state index is -0.00950. The zero-order chi connectivity index (χ0) is 22.6. The molecule has 6 nitrogen and oxygen atoms in total. The molecule has 0 saturated carbocycles. The van der Waals surface area contributed by atoms with Crippen LogP contribution in [0, 0.1) is 0 Å². The molecule has 6 heteroatoms. The monoisotopic (exact) mass is 439 g/mol. The summed E-state index contributed by atoms with van der Waals surface area (Å²) in [4.78, 5) is 22.1. The van der Waals surface area contributed by atoms with Crippen molar-refractivity contribution in [2.45, 2.75) is 0 Å². The Morgan fingerprint density at radius 2 is 1.58 bits per heavy atom. The van der Waals surface area contributed by atoms with Gasteiger partial charge < -0.3 is 19.0 Å². The van der Waals surface area contributed by atoms with Crippen molar-refractivity contribution in [3.05, 3.63) is 90.6 Å². The first-order valence-electron chi connectivity index (χ1n) is 11.0. The number of aromatic nitrogens is 1. The van der Waals surface area contributed by atoms with Crippen LogP contribution in [0.25, 0.3) is 22.8 Å². The molecule has 0 spiro atoms. The Hall–Kier alpha value is -4.06. The third-order valence-electron chi connectivity index (χ3n) is 5.94. The van der Waals surface area contributed by atoms with E-state index in [0.29, 0.717) is 35.9 Å². The van der Waals surface area contributed by atoms with Gasteiger partial charge in [0.1, 0.15) is 5.75 Å². The summed E-state index contributed by atoms with van der Waals surface area (Å²) < 4.78 is 11.5. The van der Waals surface area contributed by atoms with Gasteiger partial charge in [0.15, 0.2) is 5.76 Å². The third-order valence-corrected chi connectivity index (χ3v) is 5.94. The molecule has 1 amide bonds. The van der Waals surface area contributed by atoms with Gasteiger partial charge in [-0.1, -0.05) is 54.6 Å². The first-order valence-corrected chi connectivity index (χ1v) is 11.0. The van der Waals surface area contributed by atoms with E-state index in [1.807, 2.05) is 77.7 Å². The van der Waals surface area contributed by atoms with Crippen LogP contribution in [0.3, 0.4) is 0 Å². The summed E-state index contributed by atoms with van der Waals surface area (Å²) in [7, 11) is 1.68. The molecule has 2 heterocycles. The lowest BCUT2D eigenvalue weighted by atomic mass is 10.1. The molecule has 0 atom stereocenters. The Bertz CT molecular complexity index is 1240. The van der Waals surface area contributed by atoms with E-state index in [2.05, 4.69) is 16.0 Å². The summed E-state index contributed by atoms with van der Waals surface area (Å²) in [6.45, 7) is 2.75. The second-order valence-corrected chi connectivity index (χ2v) is 7.89. The quantitative estimate of drug-likeness (QED) is 0.439. The fraction of sp³-hybridized carbons (Fsp3) is 0.185. The van der Waals surface area contributed by atoms with Crippen LogP contribution in [0.1, 0.15) is 10.4 Å². The highest BCUT2D eigenvalue weighted by molar-refractivity contribution is 6.00. The molecule has 33 heavy (non-hydrogen) atoms. The van der Waals surface area contributed by atoms with Crippen molar-refractivity contribution in [1.29, 1.82) is 0 Å². The number of ether oxygens (including phenoxy) is 1. The van der Waals surface area contributed by atoms with E-state index in [0.717, 1.165) is 30.1 Å². The van der Waals surface area contributed by atoms with E-state index < -0.39 is 0 Å². The molecule has 4 aromatic rings. The Labute approximate surface area is 193 Å². The van der Waals surface area contributed by atoms with Crippen molar-refractivity contribution in [2.75, 3.05) is 38.2 Å². The van der Waals surface area contributed by atoms with Crippen LogP contribution >= 0.6 is 0 Å². The van der Waals surface area contributed by atoms with Crippen LogP contribution in [-0.2, 0) is 0 Å². The number of nitrogens with zero attached hydrogens (tertiary/aromatic N) is 3. The van der Waals surface area contributed by atoms with Gasteiger partial charge in [-0.05, 0) is 24.3 Å². The molecule has 3 aromatic carbocycles. The third kappa shape index (κ3) is 4.20. The average molecular weight is 440 g/mol. The van der Waals surface area contributed by atoms with Crippen molar-refractivity contribution in [3.8, 4) is 28.5 Å². The Morgan fingerprint density at radius 1 is 0.879 bits per heavy atom. The molecule has 1 fully saturated rings. The summed E-state index contributed by atoms with van der Waals surface area (Å²) in [5.74, 6) is 1.97. The average Bonchev–Trinajstić information content (AvgIpc) is 3.39. The number of para-hydroxylation sites is 2. The minimum absolute atomic E-state index is 0.00950. The van der Waals surface area contributed by atoms with E-state index in [-0.39, 0.29) is 5.91 Å².